The van der Waals surface area contributed by atoms with Gasteiger partial charge in [-0.05, 0) is 19.3 Å². The van der Waals surface area contributed by atoms with Crippen molar-refractivity contribution in [2.75, 3.05) is 6.54 Å². The normalized spacial score (nSPS) is 28.5. The van der Waals surface area contributed by atoms with Gasteiger partial charge < -0.3 is 10.0 Å². The van der Waals surface area contributed by atoms with Crippen LogP contribution in [0.2, 0.25) is 0 Å². The lowest BCUT2D eigenvalue weighted by molar-refractivity contribution is 0.110. The molecule has 0 aromatic carbocycles. The van der Waals surface area contributed by atoms with Crippen LogP contribution in [0, 0.1) is 0 Å². The molecule has 0 aromatic rings. The predicted molar refractivity (Wildman–Crippen MR) is 60.4 cm³/mol. The fraction of sp³-hybridized carbons (Fsp3) is 0.667. The Hall–Kier alpha value is -0.260. The summed E-state index contributed by atoms with van der Waals surface area (Å²) in [5.41, 5.74) is 0. The van der Waals surface area contributed by atoms with E-state index in [9.17, 15) is 4.79 Å². The molecule has 4 heteroatoms. The zero-order valence-electron chi connectivity index (χ0n) is 7.45. The van der Waals surface area contributed by atoms with Crippen LogP contribution in [-0.4, -0.2) is 32.6 Å². The Morgan fingerprint density at radius 1 is 1.77 bits per heavy atom. The van der Waals surface area contributed by atoms with Crippen molar-refractivity contribution < 1.29 is 9.90 Å². The maximum absolute atomic E-state index is 10.8. The van der Waals surface area contributed by atoms with Gasteiger partial charge in [-0.15, -0.1) is 6.58 Å². The number of amides is 1. The molecule has 3 nitrogen and oxygen atoms in total. The molecule has 0 spiro atoms. The number of piperidine rings is 1. The summed E-state index contributed by atoms with van der Waals surface area (Å²) in [4.78, 5) is 12.4. The van der Waals surface area contributed by atoms with Crippen LogP contribution in [0.4, 0.5) is 4.79 Å². The summed E-state index contributed by atoms with van der Waals surface area (Å²) in [6.45, 7) is 4.32. The molecule has 1 heterocycles. The molecule has 0 aromatic heterocycles. The third-order valence-corrected chi connectivity index (χ3v) is 3.47. The maximum Gasteiger partial charge on any atom is 0.407 e. The summed E-state index contributed by atoms with van der Waals surface area (Å²) in [7, 11) is 0. The smallest absolute Gasteiger partial charge is 0.407 e. The molecule has 1 rings (SSSR count). The van der Waals surface area contributed by atoms with Crippen LogP contribution in [0.15, 0.2) is 12.7 Å². The van der Waals surface area contributed by atoms with Crippen LogP contribution in [0.1, 0.15) is 19.3 Å². The van der Waals surface area contributed by atoms with Gasteiger partial charge in [0.1, 0.15) is 0 Å². The van der Waals surface area contributed by atoms with Crippen molar-refractivity contribution in [2.45, 2.75) is 29.2 Å². The summed E-state index contributed by atoms with van der Waals surface area (Å²) < 4.78 is 0.609. The van der Waals surface area contributed by atoms with Gasteiger partial charge in [0, 0.05) is 16.5 Å². The number of likely N-dealkylation sites (tertiary alicyclic amines) is 1. The van der Waals surface area contributed by atoms with E-state index in [4.69, 9.17) is 5.11 Å². The number of hydrogen-bond acceptors (Lipinski definition) is 1. The van der Waals surface area contributed by atoms with E-state index in [1.807, 2.05) is 0 Å². The Morgan fingerprint density at radius 2 is 2.46 bits per heavy atom. The number of carbonyl (C=O) groups is 1. The Bertz CT molecular complexity index is 208. The highest BCUT2D eigenvalue weighted by Gasteiger charge is 2.29. The third-order valence-electron chi connectivity index (χ3n) is 2.34. The molecule has 0 saturated carbocycles. The van der Waals surface area contributed by atoms with Crippen molar-refractivity contribution in [3.63, 3.8) is 0 Å². The molecule has 1 amide bonds. The van der Waals surface area contributed by atoms with Crippen molar-refractivity contribution in [1.29, 1.82) is 0 Å². The van der Waals surface area contributed by atoms with E-state index >= 15 is 0 Å². The van der Waals surface area contributed by atoms with Gasteiger partial charge in [0.05, 0.1) is 0 Å². The van der Waals surface area contributed by atoms with Gasteiger partial charge in [0.2, 0.25) is 0 Å². The molecule has 1 aliphatic rings. The van der Waals surface area contributed by atoms with Crippen LogP contribution in [0.3, 0.4) is 0 Å². The second-order valence-electron chi connectivity index (χ2n) is 3.28. The number of carboxylic acid groups (broad SMARTS) is 1. The number of alkyl halides is 1. The molecule has 2 unspecified atom stereocenters. The summed E-state index contributed by atoms with van der Waals surface area (Å²) in [5, 5.41) is 8.91. The van der Waals surface area contributed by atoms with E-state index in [2.05, 4.69) is 29.2 Å². The molecule has 0 bridgehead atoms. The minimum absolute atomic E-state index is 0.144. The lowest BCUT2D eigenvalue weighted by Crippen LogP contribution is -2.45. The molecule has 1 saturated heterocycles. The summed E-state index contributed by atoms with van der Waals surface area (Å²) in [5.74, 6) is 0. The standard InChI is InChI=1S/C9H14INO2/c1-2-3-8-6-7(10)4-5-11(8)9(12)13/h2,7-8H,1,3-6H2,(H,12,13). The van der Waals surface area contributed by atoms with Crippen molar-refractivity contribution in [1.82, 2.24) is 4.90 Å². The molecule has 2 atom stereocenters. The van der Waals surface area contributed by atoms with Crippen LogP contribution < -0.4 is 0 Å². The Morgan fingerprint density at radius 3 is 3.00 bits per heavy atom. The first-order valence-electron chi connectivity index (χ1n) is 4.39. The molecule has 1 fully saturated rings. The second kappa shape index (κ2) is 4.83. The second-order valence-corrected chi connectivity index (χ2v) is 5.04. The first-order valence-corrected chi connectivity index (χ1v) is 5.64. The predicted octanol–water partition coefficient (Wildman–Crippen LogP) is 2.51. The van der Waals surface area contributed by atoms with E-state index in [0.29, 0.717) is 10.5 Å². The number of halogens is 1. The fourth-order valence-corrected chi connectivity index (χ4v) is 2.54. The van der Waals surface area contributed by atoms with Gasteiger partial charge in [-0.25, -0.2) is 4.79 Å². The average molecular weight is 295 g/mol. The quantitative estimate of drug-likeness (QED) is 0.483. The minimum Gasteiger partial charge on any atom is -0.465 e. The molecule has 0 radical (unpaired) electrons. The zero-order chi connectivity index (χ0) is 9.84. The van der Waals surface area contributed by atoms with Gasteiger partial charge in [-0.1, -0.05) is 28.7 Å². The van der Waals surface area contributed by atoms with Gasteiger partial charge in [-0.3, -0.25) is 0 Å². The van der Waals surface area contributed by atoms with Crippen molar-refractivity contribution in [3.05, 3.63) is 12.7 Å². The Balaban J connectivity index is 2.59. The number of hydrogen-bond donors (Lipinski definition) is 1. The highest BCUT2D eigenvalue weighted by molar-refractivity contribution is 14.1. The fourth-order valence-electron chi connectivity index (χ4n) is 1.67. The van der Waals surface area contributed by atoms with Crippen molar-refractivity contribution in [2.24, 2.45) is 0 Å². The van der Waals surface area contributed by atoms with E-state index in [1.54, 1.807) is 6.08 Å². The Labute approximate surface area is 91.9 Å². The lowest BCUT2D eigenvalue weighted by atomic mass is 10.00. The average Bonchev–Trinajstić information content (AvgIpc) is 2.04. The van der Waals surface area contributed by atoms with E-state index in [1.165, 1.54) is 4.90 Å². The zero-order valence-corrected chi connectivity index (χ0v) is 9.61. The van der Waals surface area contributed by atoms with Crippen LogP contribution in [0.25, 0.3) is 0 Å². The van der Waals surface area contributed by atoms with Crippen LogP contribution in [-0.2, 0) is 0 Å². The number of rotatable bonds is 2. The highest BCUT2D eigenvalue weighted by Crippen LogP contribution is 2.25. The minimum atomic E-state index is -0.796. The molecule has 1 N–H and O–H groups in total. The number of nitrogens with zero attached hydrogens (tertiary/aromatic N) is 1. The highest BCUT2D eigenvalue weighted by atomic mass is 127. The van der Waals surface area contributed by atoms with Crippen molar-refractivity contribution in [3.8, 4) is 0 Å². The molecule has 13 heavy (non-hydrogen) atoms. The van der Waals surface area contributed by atoms with E-state index in [-0.39, 0.29) is 6.04 Å². The Kier molecular flexibility index (Phi) is 4.02. The lowest BCUT2D eigenvalue weighted by Gasteiger charge is -2.35. The topological polar surface area (TPSA) is 40.5 Å². The summed E-state index contributed by atoms with van der Waals surface area (Å²) in [6.07, 6.45) is 3.70. The molecule has 74 valence electrons. The third kappa shape index (κ3) is 2.86. The summed E-state index contributed by atoms with van der Waals surface area (Å²) >= 11 is 2.39. The SMILES string of the molecule is C=CCC1CC(I)CCN1C(=O)O. The molecule has 1 aliphatic heterocycles. The monoisotopic (exact) mass is 295 g/mol. The van der Waals surface area contributed by atoms with Crippen molar-refractivity contribution >= 4 is 28.7 Å². The first kappa shape index (κ1) is 10.8. The van der Waals surface area contributed by atoms with E-state index in [0.717, 1.165) is 19.3 Å². The van der Waals surface area contributed by atoms with Gasteiger partial charge >= 0.3 is 6.09 Å². The molecular formula is C9H14INO2. The largest absolute Gasteiger partial charge is 0.465 e. The molecular weight excluding hydrogens is 281 g/mol. The van der Waals surface area contributed by atoms with Gasteiger partial charge in [0.25, 0.3) is 0 Å². The molecule has 0 aliphatic carbocycles. The summed E-state index contributed by atoms with van der Waals surface area (Å²) in [6, 6.07) is 0.144. The van der Waals surface area contributed by atoms with Crippen LogP contribution in [0.5, 0.6) is 0 Å². The van der Waals surface area contributed by atoms with Gasteiger partial charge in [-0.2, -0.15) is 0 Å². The maximum atomic E-state index is 10.8. The van der Waals surface area contributed by atoms with Crippen LogP contribution >= 0.6 is 22.6 Å². The van der Waals surface area contributed by atoms with Gasteiger partial charge in [0.15, 0.2) is 0 Å². The first-order chi connectivity index (χ1) is 6.15. The van der Waals surface area contributed by atoms with E-state index < -0.39 is 6.09 Å².